The molecule has 4 heteroatoms. The van der Waals surface area contributed by atoms with Crippen molar-refractivity contribution in [3.63, 3.8) is 0 Å². The Morgan fingerprint density at radius 2 is 2.29 bits per heavy atom. The van der Waals surface area contributed by atoms with E-state index in [-0.39, 0.29) is 5.02 Å². The number of rotatable bonds is 2. The van der Waals surface area contributed by atoms with Crippen LogP contribution in [0.15, 0.2) is 18.2 Å². The monoisotopic (exact) mass is 257 g/mol. The van der Waals surface area contributed by atoms with E-state index in [1.807, 2.05) is 7.05 Å². The molecule has 1 N–H and O–H groups in total. The number of likely N-dealkylation sites (N-methyl/N-ethyl adjacent to an activating group) is 1. The first kappa shape index (κ1) is 12.8. The fourth-order valence-electron chi connectivity index (χ4n) is 2.56. The topological polar surface area (TPSA) is 23.5 Å². The van der Waals surface area contributed by atoms with Gasteiger partial charge in [-0.25, -0.2) is 4.39 Å². The first-order valence-corrected chi connectivity index (χ1v) is 6.15. The van der Waals surface area contributed by atoms with Gasteiger partial charge in [0.05, 0.1) is 10.6 Å². The Labute approximate surface area is 106 Å². The lowest BCUT2D eigenvalue weighted by molar-refractivity contribution is 0.0520. The Morgan fingerprint density at radius 3 is 2.88 bits per heavy atom. The Kier molecular flexibility index (Phi) is 3.43. The first-order valence-electron chi connectivity index (χ1n) is 5.77. The van der Waals surface area contributed by atoms with Crippen LogP contribution in [-0.4, -0.2) is 35.2 Å². The first-order chi connectivity index (χ1) is 7.91. The predicted octanol–water partition coefficient (Wildman–Crippen LogP) is 2.48. The molecule has 1 aliphatic heterocycles. The van der Waals surface area contributed by atoms with Gasteiger partial charge >= 0.3 is 0 Å². The highest BCUT2D eigenvalue weighted by Crippen LogP contribution is 2.31. The molecule has 1 heterocycles. The smallest absolute Gasteiger partial charge is 0.142 e. The van der Waals surface area contributed by atoms with Gasteiger partial charge in [0, 0.05) is 19.0 Å². The van der Waals surface area contributed by atoms with E-state index >= 15 is 0 Å². The van der Waals surface area contributed by atoms with Crippen molar-refractivity contribution in [3.8, 4) is 0 Å². The Morgan fingerprint density at radius 1 is 1.59 bits per heavy atom. The van der Waals surface area contributed by atoms with Gasteiger partial charge < -0.3 is 10.0 Å². The second kappa shape index (κ2) is 4.56. The molecule has 0 amide bonds. The molecule has 17 heavy (non-hydrogen) atoms. The molecule has 0 aliphatic carbocycles. The summed E-state index contributed by atoms with van der Waals surface area (Å²) in [6.07, 6.45) is 1.09. The molecule has 0 saturated carbocycles. The van der Waals surface area contributed by atoms with E-state index in [0.29, 0.717) is 31.0 Å². The second-order valence-electron chi connectivity index (χ2n) is 5.08. The van der Waals surface area contributed by atoms with Gasteiger partial charge in [-0.15, -0.1) is 0 Å². The molecule has 1 fully saturated rings. The predicted molar refractivity (Wildman–Crippen MR) is 66.8 cm³/mol. The Balaban J connectivity index is 2.19. The van der Waals surface area contributed by atoms with E-state index in [1.54, 1.807) is 12.1 Å². The van der Waals surface area contributed by atoms with Gasteiger partial charge in [0.1, 0.15) is 5.82 Å². The number of likely N-dealkylation sites (tertiary alicyclic amines) is 1. The molecule has 1 aromatic carbocycles. The third-order valence-corrected chi connectivity index (χ3v) is 3.95. The van der Waals surface area contributed by atoms with Crippen LogP contribution < -0.4 is 0 Å². The van der Waals surface area contributed by atoms with Crippen LogP contribution in [0, 0.1) is 5.82 Å². The summed E-state index contributed by atoms with van der Waals surface area (Å²) in [6, 6.07) is 5.07. The van der Waals surface area contributed by atoms with Gasteiger partial charge in [0.2, 0.25) is 0 Å². The third-order valence-electron chi connectivity index (χ3n) is 3.52. The van der Waals surface area contributed by atoms with Gasteiger partial charge in [-0.1, -0.05) is 23.7 Å². The van der Waals surface area contributed by atoms with Gasteiger partial charge in [-0.2, -0.15) is 0 Å². The highest BCUT2D eigenvalue weighted by atomic mass is 35.5. The number of nitrogens with zero attached hydrogens (tertiary/aromatic N) is 1. The fourth-order valence-corrected chi connectivity index (χ4v) is 2.75. The summed E-state index contributed by atoms with van der Waals surface area (Å²) in [5.41, 5.74) is -0.123. The molecule has 1 aliphatic rings. The van der Waals surface area contributed by atoms with Gasteiger partial charge in [-0.05, 0) is 32.0 Å². The van der Waals surface area contributed by atoms with Crippen LogP contribution in [0.1, 0.15) is 18.9 Å². The maximum absolute atomic E-state index is 13.3. The lowest BCUT2D eigenvalue weighted by Gasteiger charge is -2.23. The maximum Gasteiger partial charge on any atom is 0.142 e. The highest BCUT2D eigenvalue weighted by Gasteiger charge is 2.39. The van der Waals surface area contributed by atoms with Crippen molar-refractivity contribution in [2.75, 3.05) is 13.6 Å². The van der Waals surface area contributed by atoms with E-state index in [2.05, 4.69) is 11.8 Å². The minimum absolute atomic E-state index is 0.128. The summed E-state index contributed by atoms with van der Waals surface area (Å²) in [4.78, 5) is 2.10. The summed E-state index contributed by atoms with van der Waals surface area (Å²) in [5.74, 6) is -0.424. The average Bonchev–Trinajstić information content (AvgIpc) is 2.48. The van der Waals surface area contributed by atoms with E-state index in [4.69, 9.17) is 11.6 Å². The molecule has 2 rings (SSSR count). The van der Waals surface area contributed by atoms with Crippen LogP contribution in [-0.2, 0) is 6.42 Å². The van der Waals surface area contributed by atoms with Gasteiger partial charge in [0.15, 0.2) is 0 Å². The Bertz CT molecular complexity index is 414. The maximum atomic E-state index is 13.3. The minimum atomic E-state index is -0.800. The number of halogens is 2. The van der Waals surface area contributed by atoms with Crippen LogP contribution >= 0.6 is 11.6 Å². The highest BCUT2D eigenvalue weighted by molar-refractivity contribution is 6.31. The van der Waals surface area contributed by atoms with Crippen LogP contribution in [0.5, 0.6) is 0 Å². The average molecular weight is 258 g/mol. The van der Waals surface area contributed by atoms with E-state index in [9.17, 15) is 9.50 Å². The SMILES string of the molecule is CC1CC(O)(Cc2cccc(F)c2Cl)CN1C. The van der Waals surface area contributed by atoms with E-state index in [1.165, 1.54) is 6.07 Å². The summed E-state index contributed by atoms with van der Waals surface area (Å²) in [5, 5.41) is 10.6. The zero-order valence-electron chi connectivity index (χ0n) is 10.1. The van der Waals surface area contributed by atoms with Gasteiger partial charge in [-0.3, -0.25) is 0 Å². The molecule has 0 spiro atoms. The summed E-state index contributed by atoms with van der Waals surface area (Å²) >= 11 is 5.91. The second-order valence-corrected chi connectivity index (χ2v) is 5.46. The van der Waals surface area contributed by atoms with Crippen LogP contribution in [0.2, 0.25) is 5.02 Å². The number of hydrogen-bond acceptors (Lipinski definition) is 2. The molecule has 1 saturated heterocycles. The normalized spacial score (nSPS) is 29.8. The molecular formula is C13H17ClFNO. The third kappa shape index (κ3) is 2.62. The van der Waals surface area contributed by atoms with Crippen molar-refractivity contribution in [2.24, 2.45) is 0 Å². The molecule has 2 nitrogen and oxygen atoms in total. The van der Waals surface area contributed by atoms with Crippen LogP contribution in [0.25, 0.3) is 0 Å². The molecule has 2 unspecified atom stereocenters. The van der Waals surface area contributed by atoms with E-state index in [0.717, 1.165) is 0 Å². The summed E-state index contributed by atoms with van der Waals surface area (Å²) in [6.45, 7) is 2.67. The van der Waals surface area contributed by atoms with Crippen molar-refractivity contribution >= 4 is 11.6 Å². The number of benzene rings is 1. The minimum Gasteiger partial charge on any atom is -0.388 e. The molecule has 94 valence electrons. The van der Waals surface area contributed by atoms with Gasteiger partial charge in [0.25, 0.3) is 0 Å². The van der Waals surface area contributed by atoms with Crippen molar-refractivity contribution in [1.82, 2.24) is 4.90 Å². The largest absolute Gasteiger partial charge is 0.388 e. The van der Waals surface area contributed by atoms with Crippen molar-refractivity contribution in [1.29, 1.82) is 0 Å². The quantitative estimate of drug-likeness (QED) is 0.880. The molecule has 0 bridgehead atoms. The number of hydrogen-bond donors (Lipinski definition) is 1. The van der Waals surface area contributed by atoms with Crippen molar-refractivity contribution in [2.45, 2.75) is 31.4 Å². The molecule has 1 aromatic rings. The standard InChI is InChI=1S/C13H17ClFNO/c1-9-6-13(17,8-16(9)2)7-10-4-3-5-11(15)12(10)14/h3-5,9,17H,6-8H2,1-2H3. The van der Waals surface area contributed by atoms with Crippen LogP contribution in [0.4, 0.5) is 4.39 Å². The van der Waals surface area contributed by atoms with Crippen LogP contribution in [0.3, 0.4) is 0 Å². The van der Waals surface area contributed by atoms with Crippen molar-refractivity contribution in [3.05, 3.63) is 34.6 Å². The van der Waals surface area contributed by atoms with Crippen molar-refractivity contribution < 1.29 is 9.50 Å². The number of β-amino-alcohol motifs (C(OH)–C–C–N with tert-alkyl or cyclic N) is 1. The molecular weight excluding hydrogens is 241 g/mol. The lowest BCUT2D eigenvalue weighted by atomic mass is 9.92. The Hall–Kier alpha value is -0.640. The zero-order valence-corrected chi connectivity index (χ0v) is 10.8. The zero-order chi connectivity index (χ0) is 12.6. The molecule has 2 atom stereocenters. The molecule has 0 radical (unpaired) electrons. The fraction of sp³-hybridized carbons (Fsp3) is 0.538. The summed E-state index contributed by atoms with van der Waals surface area (Å²) < 4.78 is 13.3. The molecule has 0 aromatic heterocycles. The summed E-state index contributed by atoms with van der Waals surface area (Å²) in [7, 11) is 1.98. The number of aliphatic hydroxyl groups is 1. The lowest BCUT2D eigenvalue weighted by Crippen LogP contribution is -2.34. The van der Waals surface area contributed by atoms with E-state index < -0.39 is 11.4 Å².